The first-order chi connectivity index (χ1) is 11.2. The van der Waals surface area contributed by atoms with Gasteiger partial charge >= 0.3 is 11.8 Å². The zero-order valence-corrected chi connectivity index (χ0v) is 14.0. The van der Waals surface area contributed by atoms with Gasteiger partial charge in [-0.1, -0.05) is 6.07 Å². The Morgan fingerprint density at radius 2 is 2.26 bits per heavy atom. The third-order valence-electron chi connectivity index (χ3n) is 4.19. The maximum Gasteiger partial charge on any atom is 0.312 e. The maximum atomic E-state index is 11.8. The topological polar surface area (TPSA) is 65.5 Å². The van der Waals surface area contributed by atoms with Gasteiger partial charge in [0.2, 0.25) is 0 Å². The zero-order valence-electron chi connectivity index (χ0n) is 12.4. The van der Waals surface area contributed by atoms with Crippen LogP contribution < -0.4 is 5.32 Å². The van der Waals surface area contributed by atoms with Crippen LogP contribution in [-0.4, -0.2) is 58.8 Å². The van der Waals surface area contributed by atoms with Crippen LogP contribution in [0.15, 0.2) is 23.7 Å². The molecule has 8 heteroatoms. The number of nitrogens with one attached hydrogen (secondary N) is 1. The van der Waals surface area contributed by atoms with Crippen LogP contribution in [0.5, 0.6) is 0 Å². The number of rotatable bonds is 3. The Morgan fingerprint density at radius 1 is 1.35 bits per heavy atom. The van der Waals surface area contributed by atoms with E-state index in [4.69, 9.17) is 0 Å². The monoisotopic (exact) mass is 348 g/mol. The number of thiazole rings is 1. The van der Waals surface area contributed by atoms with E-state index in [1.54, 1.807) is 27.6 Å². The van der Waals surface area contributed by atoms with E-state index in [0.717, 1.165) is 24.6 Å². The van der Waals surface area contributed by atoms with Crippen molar-refractivity contribution in [2.45, 2.75) is 12.6 Å². The van der Waals surface area contributed by atoms with Crippen molar-refractivity contribution in [2.24, 2.45) is 0 Å². The average molecular weight is 348 g/mol. The third-order valence-corrected chi connectivity index (χ3v) is 6.21. The van der Waals surface area contributed by atoms with Crippen LogP contribution in [0, 0.1) is 0 Å². The van der Waals surface area contributed by atoms with Gasteiger partial charge in [-0.05, 0) is 11.4 Å². The summed E-state index contributed by atoms with van der Waals surface area (Å²) in [7, 11) is 0. The fourth-order valence-corrected chi connectivity index (χ4v) is 4.80. The highest BCUT2D eigenvalue weighted by atomic mass is 32.1. The lowest BCUT2D eigenvalue weighted by atomic mass is 10.1. The molecule has 4 heterocycles. The van der Waals surface area contributed by atoms with Crippen LogP contribution in [0.3, 0.4) is 0 Å². The van der Waals surface area contributed by atoms with Crippen molar-refractivity contribution in [2.75, 3.05) is 26.2 Å². The molecular formula is C15H16N4O2S2. The second-order valence-corrected chi connectivity index (χ2v) is 7.77. The van der Waals surface area contributed by atoms with Crippen molar-refractivity contribution in [1.82, 2.24) is 20.1 Å². The smallest absolute Gasteiger partial charge is 0.312 e. The molecule has 0 radical (unpaired) electrons. The fourth-order valence-electron chi connectivity index (χ4n) is 3.04. The van der Waals surface area contributed by atoms with Gasteiger partial charge in [-0.25, -0.2) is 4.98 Å². The normalized spacial score (nSPS) is 22.1. The first kappa shape index (κ1) is 14.8. The molecule has 0 bridgehead atoms. The number of carbonyl (C=O) groups is 2. The molecule has 4 rings (SSSR count). The van der Waals surface area contributed by atoms with Gasteiger partial charge in [-0.3, -0.25) is 14.5 Å². The zero-order chi connectivity index (χ0) is 15.8. The Kier molecular flexibility index (Phi) is 3.88. The predicted octanol–water partition coefficient (Wildman–Crippen LogP) is 1.01. The summed E-state index contributed by atoms with van der Waals surface area (Å²) in [5.41, 5.74) is 0. The molecule has 0 unspecified atom stereocenters. The lowest BCUT2D eigenvalue weighted by molar-refractivity contribution is -0.152. The van der Waals surface area contributed by atoms with Crippen molar-refractivity contribution in [3.8, 4) is 9.88 Å². The summed E-state index contributed by atoms with van der Waals surface area (Å²) in [6.07, 6.45) is 1.94. The summed E-state index contributed by atoms with van der Waals surface area (Å²) in [6.45, 7) is 3.59. The van der Waals surface area contributed by atoms with Crippen LogP contribution in [0.4, 0.5) is 0 Å². The molecule has 2 fully saturated rings. The first-order valence-corrected chi connectivity index (χ1v) is 9.20. The number of hydrogen-bond donors (Lipinski definition) is 1. The lowest BCUT2D eigenvalue weighted by Crippen LogP contribution is -2.65. The quantitative estimate of drug-likeness (QED) is 0.841. The summed E-state index contributed by atoms with van der Waals surface area (Å²) in [5, 5.41) is 5.80. The Bertz CT molecular complexity index is 728. The number of fused-ring (bicyclic) bond motifs is 1. The maximum absolute atomic E-state index is 11.8. The summed E-state index contributed by atoms with van der Waals surface area (Å²) in [5.74, 6) is -0.864. The minimum Gasteiger partial charge on any atom is -0.346 e. The second kappa shape index (κ2) is 6.03. The van der Waals surface area contributed by atoms with Crippen molar-refractivity contribution >= 4 is 34.5 Å². The minimum absolute atomic E-state index is 0.0821. The number of piperazine rings is 2. The molecule has 1 atom stereocenters. The van der Waals surface area contributed by atoms with Gasteiger partial charge in [-0.15, -0.1) is 22.7 Å². The van der Waals surface area contributed by atoms with Gasteiger partial charge in [0.05, 0.1) is 10.9 Å². The fraction of sp³-hybridized carbons (Fsp3) is 0.400. The van der Waals surface area contributed by atoms with E-state index in [2.05, 4.69) is 26.6 Å². The van der Waals surface area contributed by atoms with Crippen molar-refractivity contribution in [3.63, 3.8) is 0 Å². The number of carbonyl (C=O) groups excluding carboxylic acids is 2. The number of hydrogen-bond acceptors (Lipinski definition) is 6. The molecule has 1 N–H and O–H groups in total. The standard InChI is InChI=1S/C15H16N4O2S2/c20-13-15(21)19-4-3-18(8-10(19)6-16-13)9-11-7-17-14(23-11)12-2-1-5-22-12/h1-2,5,7,10H,3-4,6,8-9H2,(H,16,20)/t10-/m0/s1. The van der Waals surface area contributed by atoms with Gasteiger partial charge < -0.3 is 10.2 Å². The molecular weight excluding hydrogens is 332 g/mol. The molecule has 0 aliphatic carbocycles. The van der Waals surface area contributed by atoms with E-state index in [1.807, 2.05) is 12.3 Å². The number of aromatic nitrogens is 1. The lowest BCUT2D eigenvalue weighted by Gasteiger charge is -2.43. The van der Waals surface area contributed by atoms with E-state index in [-0.39, 0.29) is 6.04 Å². The first-order valence-electron chi connectivity index (χ1n) is 7.50. The molecule has 2 aliphatic rings. The van der Waals surface area contributed by atoms with Crippen LogP contribution >= 0.6 is 22.7 Å². The Hall–Kier alpha value is -1.77. The largest absolute Gasteiger partial charge is 0.346 e. The molecule has 6 nitrogen and oxygen atoms in total. The molecule has 120 valence electrons. The molecule has 0 aromatic carbocycles. The van der Waals surface area contributed by atoms with Gasteiger partial charge in [0.25, 0.3) is 0 Å². The van der Waals surface area contributed by atoms with Crippen LogP contribution in [-0.2, 0) is 16.1 Å². The van der Waals surface area contributed by atoms with Gasteiger partial charge in [0.15, 0.2) is 0 Å². The highest BCUT2D eigenvalue weighted by Gasteiger charge is 2.37. The summed E-state index contributed by atoms with van der Waals surface area (Å²) in [4.78, 5) is 34.2. The molecule has 2 amide bonds. The summed E-state index contributed by atoms with van der Waals surface area (Å²) in [6, 6.07) is 4.20. The van der Waals surface area contributed by atoms with E-state index in [9.17, 15) is 9.59 Å². The molecule has 2 aliphatic heterocycles. The SMILES string of the molecule is O=C1NC[C@H]2CN(Cc3cnc(-c4cccs4)s3)CCN2C1=O. The summed E-state index contributed by atoms with van der Waals surface area (Å²) < 4.78 is 0. The molecule has 0 saturated carbocycles. The predicted molar refractivity (Wildman–Crippen MR) is 89.2 cm³/mol. The van der Waals surface area contributed by atoms with E-state index in [0.29, 0.717) is 13.1 Å². The Morgan fingerprint density at radius 3 is 3.09 bits per heavy atom. The molecule has 0 spiro atoms. The molecule has 2 saturated heterocycles. The third kappa shape index (κ3) is 2.89. The molecule has 23 heavy (non-hydrogen) atoms. The van der Waals surface area contributed by atoms with Crippen molar-refractivity contribution in [1.29, 1.82) is 0 Å². The van der Waals surface area contributed by atoms with Crippen molar-refractivity contribution < 1.29 is 9.59 Å². The molecule has 2 aromatic rings. The number of nitrogens with zero attached hydrogens (tertiary/aromatic N) is 3. The van der Waals surface area contributed by atoms with Gasteiger partial charge in [-0.2, -0.15) is 0 Å². The average Bonchev–Trinajstić information content (AvgIpc) is 3.22. The van der Waals surface area contributed by atoms with E-state index >= 15 is 0 Å². The van der Waals surface area contributed by atoms with Crippen molar-refractivity contribution in [3.05, 3.63) is 28.6 Å². The number of thiophene rings is 1. The highest BCUT2D eigenvalue weighted by molar-refractivity contribution is 7.20. The Balaban J connectivity index is 1.41. The van der Waals surface area contributed by atoms with Gasteiger partial charge in [0.1, 0.15) is 5.01 Å². The molecule has 2 aromatic heterocycles. The minimum atomic E-state index is -0.474. The second-order valence-electron chi connectivity index (χ2n) is 5.71. The van der Waals surface area contributed by atoms with Crippen LogP contribution in [0.25, 0.3) is 9.88 Å². The number of amides is 2. The van der Waals surface area contributed by atoms with Gasteiger partial charge in [0, 0.05) is 43.8 Å². The van der Waals surface area contributed by atoms with E-state index in [1.165, 1.54) is 9.75 Å². The van der Waals surface area contributed by atoms with Crippen LogP contribution in [0.2, 0.25) is 0 Å². The Labute approximate surface area is 141 Å². The summed E-state index contributed by atoms with van der Waals surface area (Å²) >= 11 is 3.42. The highest BCUT2D eigenvalue weighted by Crippen LogP contribution is 2.29. The van der Waals surface area contributed by atoms with Crippen LogP contribution in [0.1, 0.15) is 4.88 Å². The van der Waals surface area contributed by atoms with E-state index < -0.39 is 11.8 Å².